The van der Waals surface area contributed by atoms with Crippen molar-refractivity contribution < 1.29 is 19.4 Å². The van der Waals surface area contributed by atoms with Crippen molar-refractivity contribution in [1.29, 1.82) is 0 Å². The summed E-state index contributed by atoms with van der Waals surface area (Å²) in [4.78, 5) is 18.8. The number of hydrogen-bond donors (Lipinski definition) is 2. The SMILES string of the molecule is COCCOCCCNc1nc(C)cc(C(=O)O)n1. The number of nitrogens with one attached hydrogen (secondary N) is 1. The normalized spacial score (nSPS) is 10.4. The predicted molar refractivity (Wildman–Crippen MR) is 69.5 cm³/mol. The van der Waals surface area contributed by atoms with E-state index in [4.69, 9.17) is 14.6 Å². The lowest BCUT2D eigenvalue weighted by atomic mass is 10.3. The molecule has 1 aromatic heterocycles. The zero-order valence-corrected chi connectivity index (χ0v) is 11.2. The molecule has 1 rings (SSSR count). The number of carboxylic acids is 1. The van der Waals surface area contributed by atoms with Gasteiger partial charge in [0.1, 0.15) is 0 Å². The third kappa shape index (κ3) is 6.12. The summed E-state index contributed by atoms with van der Waals surface area (Å²) in [5.41, 5.74) is 0.609. The van der Waals surface area contributed by atoms with E-state index < -0.39 is 5.97 Å². The summed E-state index contributed by atoms with van der Waals surface area (Å²) < 4.78 is 10.1. The number of aromatic nitrogens is 2. The summed E-state index contributed by atoms with van der Waals surface area (Å²) in [7, 11) is 1.63. The number of carboxylic acid groups (broad SMARTS) is 1. The summed E-state index contributed by atoms with van der Waals surface area (Å²) in [6, 6.07) is 1.43. The van der Waals surface area contributed by atoms with Crippen molar-refractivity contribution in [3.63, 3.8) is 0 Å². The fourth-order valence-corrected chi connectivity index (χ4v) is 1.38. The van der Waals surface area contributed by atoms with E-state index in [1.54, 1.807) is 14.0 Å². The molecule has 0 saturated carbocycles. The van der Waals surface area contributed by atoms with Crippen LogP contribution in [-0.4, -0.2) is 54.5 Å². The quantitative estimate of drug-likeness (QED) is 0.644. The van der Waals surface area contributed by atoms with Crippen molar-refractivity contribution in [3.05, 3.63) is 17.5 Å². The van der Waals surface area contributed by atoms with Crippen LogP contribution in [0.15, 0.2) is 6.07 Å². The lowest BCUT2D eigenvalue weighted by molar-refractivity contribution is 0.0690. The molecule has 19 heavy (non-hydrogen) atoms. The van der Waals surface area contributed by atoms with Crippen LogP contribution in [0.1, 0.15) is 22.6 Å². The monoisotopic (exact) mass is 269 g/mol. The second-order valence-corrected chi connectivity index (χ2v) is 3.91. The van der Waals surface area contributed by atoms with Crippen molar-refractivity contribution in [2.45, 2.75) is 13.3 Å². The van der Waals surface area contributed by atoms with Crippen LogP contribution in [0.3, 0.4) is 0 Å². The lowest BCUT2D eigenvalue weighted by Crippen LogP contribution is -2.12. The minimum atomic E-state index is -1.06. The highest BCUT2D eigenvalue weighted by molar-refractivity contribution is 5.85. The van der Waals surface area contributed by atoms with Crippen LogP contribution in [0, 0.1) is 6.92 Å². The average Bonchev–Trinajstić information content (AvgIpc) is 2.37. The fourth-order valence-electron chi connectivity index (χ4n) is 1.38. The number of ether oxygens (including phenoxy) is 2. The third-order valence-corrected chi connectivity index (χ3v) is 2.25. The topological polar surface area (TPSA) is 93.6 Å². The molecule has 2 N–H and O–H groups in total. The summed E-state index contributed by atoms with van der Waals surface area (Å²) in [6.45, 7) is 4.10. The minimum absolute atomic E-state index is 0.00801. The molecule has 1 aromatic rings. The van der Waals surface area contributed by atoms with Crippen molar-refractivity contribution >= 4 is 11.9 Å². The molecule has 106 valence electrons. The maximum atomic E-state index is 10.8. The number of methoxy groups -OCH3 is 1. The molecule has 0 bridgehead atoms. The first-order chi connectivity index (χ1) is 9.13. The molecule has 1 heterocycles. The van der Waals surface area contributed by atoms with E-state index in [0.29, 0.717) is 38.0 Å². The molecule has 7 heteroatoms. The molecule has 0 fully saturated rings. The van der Waals surface area contributed by atoms with Crippen LogP contribution in [0.2, 0.25) is 0 Å². The van der Waals surface area contributed by atoms with Gasteiger partial charge in [-0.15, -0.1) is 0 Å². The first-order valence-electron chi connectivity index (χ1n) is 6.03. The van der Waals surface area contributed by atoms with Gasteiger partial charge in [-0.05, 0) is 19.4 Å². The molecule has 0 unspecified atom stereocenters. The Labute approximate surface area is 112 Å². The van der Waals surface area contributed by atoms with E-state index >= 15 is 0 Å². The number of carbonyl (C=O) groups is 1. The third-order valence-electron chi connectivity index (χ3n) is 2.25. The van der Waals surface area contributed by atoms with Crippen LogP contribution in [0.4, 0.5) is 5.95 Å². The van der Waals surface area contributed by atoms with Crippen molar-refractivity contribution in [2.75, 3.05) is 38.8 Å². The summed E-state index contributed by atoms with van der Waals surface area (Å²) >= 11 is 0. The molecule has 0 atom stereocenters. The van der Waals surface area contributed by atoms with Crippen LogP contribution in [0.5, 0.6) is 0 Å². The molecular weight excluding hydrogens is 250 g/mol. The maximum absolute atomic E-state index is 10.8. The number of rotatable bonds is 9. The second-order valence-electron chi connectivity index (χ2n) is 3.91. The van der Waals surface area contributed by atoms with Crippen LogP contribution >= 0.6 is 0 Å². The van der Waals surface area contributed by atoms with Gasteiger partial charge in [-0.1, -0.05) is 0 Å². The van der Waals surface area contributed by atoms with Crippen LogP contribution < -0.4 is 5.32 Å². The molecule has 0 radical (unpaired) electrons. The Kier molecular flexibility index (Phi) is 6.76. The summed E-state index contributed by atoms with van der Waals surface area (Å²) in [5, 5.41) is 11.9. The van der Waals surface area contributed by atoms with Crippen LogP contribution in [0.25, 0.3) is 0 Å². The molecule has 0 saturated heterocycles. The van der Waals surface area contributed by atoms with Gasteiger partial charge in [-0.3, -0.25) is 0 Å². The standard InChI is InChI=1S/C12H19N3O4/c1-9-8-10(11(16)17)15-12(14-9)13-4-3-5-19-7-6-18-2/h8H,3-7H2,1-2H3,(H,16,17)(H,13,14,15). The summed E-state index contributed by atoms with van der Waals surface area (Å²) in [5.74, 6) is -0.731. The molecule has 0 aliphatic rings. The zero-order valence-electron chi connectivity index (χ0n) is 11.2. The van der Waals surface area contributed by atoms with Gasteiger partial charge >= 0.3 is 5.97 Å². The number of aryl methyl sites for hydroxylation is 1. The molecule has 0 aliphatic carbocycles. The predicted octanol–water partition coefficient (Wildman–Crippen LogP) is 0.948. The summed E-state index contributed by atoms with van der Waals surface area (Å²) in [6.07, 6.45) is 0.781. The minimum Gasteiger partial charge on any atom is -0.477 e. The Hall–Kier alpha value is -1.73. The van der Waals surface area contributed by atoms with E-state index in [0.717, 1.165) is 6.42 Å². The van der Waals surface area contributed by atoms with Crippen LogP contribution in [-0.2, 0) is 9.47 Å². The van der Waals surface area contributed by atoms with Gasteiger partial charge in [0, 0.05) is 26.0 Å². The number of anilines is 1. The molecular formula is C12H19N3O4. The van der Waals surface area contributed by atoms with Crippen molar-refractivity contribution in [1.82, 2.24) is 9.97 Å². The van der Waals surface area contributed by atoms with E-state index in [-0.39, 0.29) is 5.69 Å². The Bertz CT molecular complexity index is 412. The highest BCUT2D eigenvalue weighted by Gasteiger charge is 2.07. The van der Waals surface area contributed by atoms with Gasteiger partial charge in [-0.2, -0.15) is 0 Å². The molecule has 0 aliphatic heterocycles. The Morgan fingerprint density at radius 1 is 1.37 bits per heavy atom. The fraction of sp³-hybridized carbons (Fsp3) is 0.583. The first-order valence-corrected chi connectivity index (χ1v) is 6.03. The van der Waals surface area contributed by atoms with Gasteiger partial charge in [0.05, 0.1) is 13.2 Å². The number of aromatic carboxylic acids is 1. The first kappa shape index (κ1) is 15.3. The highest BCUT2D eigenvalue weighted by atomic mass is 16.5. The van der Waals surface area contributed by atoms with Gasteiger partial charge in [-0.25, -0.2) is 14.8 Å². The van der Waals surface area contributed by atoms with Gasteiger partial charge in [0.2, 0.25) is 5.95 Å². The number of nitrogens with zero attached hydrogens (tertiary/aromatic N) is 2. The molecule has 0 aromatic carbocycles. The van der Waals surface area contributed by atoms with Gasteiger partial charge in [0.25, 0.3) is 0 Å². The largest absolute Gasteiger partial charge is 0.477 e. The maximum Gasteiger partial charge on any atom is 0.354 e. The van der Waals surface area contributed by atoms with Crippen molar-refractivity contribution in [3.8, 4) is 0 Å². The molecule has 0 spiro atoms. The Morgan fingerprint density at radius 2 is 2.16 bits per heavy atom. The Morgan fingerprint density at radius 3 is 2.84 bits per heavy atom. The molecule has 7 nitrogen and oxygen atoms in total. The van der Waals surface area contributed by atoms with E-state index in [2.05, 4.69) is 15.3 Å². The average molecular weight is 269 g/mol. The van der Waals surface area contributed by atoms with E-state index in [1.807, 2.05) is 0 Å². The smallest absolute Gasteiger partial charge is 0.354 e. The highest BCUT2D eigenvalue weighted by Crippen LogP contribution is 2.04. The van der Waals surface area contributed by atoms with Crippen molar-refractivity contribution in [2.24, 2.45) is 0 Å². The molecule has 0 amide bonds. The Balaban J connectivity index is 2.31. The van der Waals surface area contributed by atoms with Gasteiger partial charge < -0.3 is 19.9 Å². The number of hydrogen-bond acceptors (Lipinski definition) is 6. The zero-order chi connectivity index (χ0) is 14.1. The van der Waals surface area contributed by atoms with E-state index in [9.17, 15) is 4.79 Å². The lowest BCUT2D eigenvalue weighted by Gasteiger charge is -2.07. The van der Waals surface area contributed by atoms with Gasteiger partial charge in [0.15, 0.2) is 5.69 Å². The van der Waals surface area contributed by atoms with E-state index in [1.165, 1.54) is 6.07 Å². The second kappa shape index (κ2) is 8.39.